The van der Waals surface area contributed by atoms with Gasteiger partial charge in [-0.3, -0.25) is 4.98 Å². The lowest BCUT2D eigenvalue weighted by Crippen LogP contribution is -2.30. The quantitative estimate of drug-likeness (QED) is 0.338. The van der Waals surface area contributed by atoms with Gasteiger partial charge in [-0.15, -0.1) is 0 Å². The first-order valence-electron chi connectivity index (χ1n) is 10.3. The molecule has 1 saturated heterocycles. The van der Waals surface area contributed by atoms with E-state index in [0.717, 1.165) is 17.1 Å². The molecule has 3 heterocycles. The highest BCUT2D eigenvalue weighted by Crippen LogP contribution is 2.41. The van der Waals surface area contributed by atoms with Gasteiger partial charge in [-0.2, -0.15) is 0 Å². The van der Waals surface area contributed by atoms with Crippen LogP contribution in [-0.2, 0) is 6.54 Å². The average Bonchev–Trinajstić information content (AvgIpc) is 3.40. The van der Waals surface area contributed by atoms with Gasteiger partial charge < -0.3 is 14.8 Å². The summed E-state index contributed by atoms with van der Waals surface area (Å²) >= 11 is 18.5. The van der Waals surface area contributed by atoms with E-state index in [0.29, 0.717) is 21.7 Å². The fourth-order valence-corrected chi connectivity index (χ4v) is 5.01. The number of halogens is 2. The molecule has 1 N–H and O–H groups in total. The van der Waals surface area contributed by atoms with E-state index in [1.165, 1.54) is 5.56 Å². The van der Waals surface area contributed by atoms with Gasteiger partial charge in [0.25, 0.3) is 0 Å². The second-order valence-corrected chi connectivity index (χ2v) is 8.87. The summed E-state index contributed by atoms with van der Waals surface area (Å²) in [6.07, 6.45) is 3.83. The van der Waals surface area contributed by atoms with Crippen molar-refractivity contribution in [3.63, 3.8) is 0 Å². The van der Waals surface area contributed by atoms with E-state index in [2.05, 4.69) is 38.0 Å². The fourth-order valence-electron chi connectivity index (χ4n) is 4.21. The van der Waals surface area contributed by atoms with Gasteiger partial charge >= 0.3 is 0 Å². The van der Waals surface area contributed by atoms with Gasteiger partial charge in [0.05, 0.1) is 28.5 Å². The highest BCUT2D eigenvalue weighted by Gasteiger charge is 2.41. The van der Waals surface area contributed by atoms with Crippen molar-refractivity contribution in [1.82, 2.24) is 19.8 Å². The minimum atomic E-state index is -0.105. The SMILES string of the molecule is S=C1N[C@H](c2ccccn2)[C@@H](c2cccn2-c2ccc(Cl)cc2Cl)N1Cc1ccccc1. The molecule has 0 aliphatic carbocycles. The molecule has 2 atom stereocenters. The van der Waals surface area contributed by atoms with Crippen LogP contribution in [0.25, 0.3) is 5.69 Å². The molecule has 1 fully saturated rings. The Balaban J connectivity index is 1.62. The highest BCUT2D eigenvalue weighted by molar-refractivity contribution is 7.80. The zero-order chi connectivity index (χ0) is 22.1. The molecule has 4 nitrogen and oxygen atoms in total. The number of rotatable bonds is 5. The molecule has 7 heteroatoms. The van der Waals surface area contributed by atoms with Crippen molar-refractivity contribution in [2.24, 2.45) is 0 Å². The summed E-state index contributed by atoms with van der Waals surface area (Å²) in [5.41, 5.74) is 4.05. The molecule has 0 bridgehead atoms. The molecule has 5 rings (SSSR count). The Kier molecular flexibility index (Phi) is 5.87. The third-order valence-corrected chi connectivity index (χ3v) is 6.54. The normalized spacial score (nSPS) is 18.1. The Morgan fingerprint density at radius 2 is 1.75 bits per heavy atom. The van der Waals surface area contributed by atoms with Crippen molar-refractivity contribution in [3.8, 4) is 5.69 Å². The van der Waals surface area contributed by atoms with Gasteiger partial charge in [0, 0.05) is 29.7 Å². The Hall–Kier alpha value is -2.86. The summed E-state index contributed by atoms with van der Waals surface area (Å²) in [7, 11) is 0. The van der Waals surface area contributed by atoms with Crippen LogP contribution in [0, 0.1) is 0 Å². The monoisotopic (exact) mass is 478 g/mol. The summed E-state index contributed by atoms with van der Waals surface area (Å²) in [5.74, 6) is 0. The smallest absolute Gasteiger partial charge is 0.170 e. The third kappa shape index (κ3) is 3.99. The van der Waals surface area contributed by atoms with E-state index in [9.17, 15) is 0 Å². The van der Waals surface area contributed by atoms with Crippen molar-refractivity contribution in [2.45, 2.75) is 18.6 Å². The van der Waals surface area contributed by atoms with E-state index in [4.69, 9.17) is 35.4 Å². The number of nitrogens with zero attached hydrogens (tertiary/aromatic N) is 3. The Morgan fingerprint density at radius 3 is 2.50 bits per heavy atom. The molecular formula is C25H20Cl2N4S. The van der Waals surface area contributed by atoms with Crippen molar-refractivity contribution in [2.75, 3.05) is 0 Å². The molecule has 0 saturated carbocycles. The number of hydrogen-bond acceptors (Lipinski definition) is 2. The van der Waals surface area contributed by atoms with E-state index in [-0.39, 0.29) is 12.1 Å². The number of hydrogen-bond donors (Lipinski definition) is 1. The van der Waals surface area contributed by atoms with Gasteiger partial charge in [0.1, 0.15) is 0 Å². The molecule has 1 aliphatic heterocycles. The summed E-state index contributed by atoms with van der Waals surface area (Å²) in [5, 5.41) is 5.40. The number of aromatic nitrogens is 2. The Morgan fingerprint density at radius 1 is 0.938 bits per heavy atom. The second kappa shape index (κ2) is 8.94. The topological polar surface area (TPSA) is 33.1 Å². The van der Waals surface area contributed by atoms with Crippen LogP contribution in [0.3, 0.4) is 0 Å². The van der Waals surface area contributed by atoms with Gasteiger partial charge in [-0.05, 0) is 60.2 Å². The van der Waals surface area contributed by atoms with Crippen LogP contribution in [0.4, 0.5) is 0 Å². The maximum atomic E-state index is 6.58. The minimum Gasteiger partial charge on any atom is -0.352 e. The highest BCUT2D eigenvalue weighted by atomic mass is 35.5. The summed E-state index contributed by atoms with van der Waals surface area (Å²) < 4.78 is 2.10. The molecule has 32 heavy (non-hydrogen) atoms. The van der Waals surface area contributed by atoms with Crippen LogP contribution in [0.2, 0.25) is 10.0 Å². The molecule has 0 radical (unpaired) electrons. The fraction of sp³-hybridized carbons (Fsp3) is 0.120. The molecular weight excluding hydrogens is 459 g/mol. The first-order chi connectivity index (χ1) is 15.6. The summed E-state index contributed by atoms with van der Waals surface area (Å²) in [6, 6.07) is 25.8. The molecule has 2 aromatic heterocycles. The van der Waals surface area contributed by atoms with E-state index in [1.54, 1.807) is 6.07 Å². The number of pyridine rings is 1. The van der Waals surface area contributed by atoms with E-state index in [1.807, 2.05) is 67.0 Å². The maximum Gasteiger partial charge on any atom is 0.170 e. The van der Waals surface area contributed by atoms with Crippen LogP contribution < -0.4 is 5.32 Å². The summed E-state index contributed by atoms with van der Waals surface area (Å²) in [4.78, 5) is 6.85. The number of nitrogens with one attached hydrogen (secondary N) is 1. The predicted octanol–water partition coefficient (Wildman–Crippen LogP) is 6.35. The van der Waals surface area contributed by atoms with Crippen LogP contribution in [0.1, 0.15) is 29.0 Å². The molecule has 0 unspecified atom stereocenters. The number of benzene rings is 2. The Labute approximate surface area is 202 Å². The van der Waals surface area contributed by atoms with Gasteiger partial charge in [0.15, 0.2) is 5.11 Å². The predicted molar refractivity (Wildman–Crippen MR) is 133 cm³/mol. The minimum absolute atomic E-state index is 0.0839. The number of thiocarbonyl (C=S) groups is 1. The third-order valence-electron chi connectivity index (χ3n) is 5.65. The Bertz CT molecular complexity index is 1240. The van der Waals surface area contributed by atoms with Crippen LogP contribution in [0.15, 0.2) is 91.3 Å². The molecule has 1 aliphatic rings. The lowest BCUT2D eigenvalue weighted by molar-refractivity contribution is 0.302. The molecule has 160 valence electrons. The van der Waals surface area contributed by atoms with Gasteiger partial charge in [-0.25, -0.2) is 0 Å². The zero-order valence-electron chi connectivity index (χ0n) is 17.0. The summed E-state index contributed by atoms with van der Waals surface area (Å²) in [6.45, 7) is 0.681. The van der Waals surface area contributed by atoms with Crippen LogP contribution in [-0.4, -0.2) is 19.6 Å². The van der Waals surface area contributed by atoms with Crippen molar-refractivity contribution < 1.29 is 0 Å². The zero-order valence-corrected chi connectivity index (χ0v) is 19.4. The van der Waals surface area contributed by atoms with Crippen molar-refractivity contribution in [3.05, 3.63) is 118 Å². The molecule has 0 amide bonds. The van der Waals surface area contributed by atoms with Crippen molar-refractivity contribution in [1.29, 1.82) is 0 Å². The molecule has 2 aromatic carbocycles. The average molecular weight is 479 g/mol. The van der Waals surface area contributed by atoms with E-state index < -0.39 is 0 Å². The van der Waals surface area contributed by atoms with Crippen molar-refractivity contribution >= 4 is 40.5 Å². The second-order valence-electron chi connectivity index (χ2n) is 7.64. The van der Waals surface area contributed by atoms with Gasteiger partial charge in [-0.1, -0.05) is 59.6 Å². The first-order valence-corrected chi connectivity index (χ1v) is 11.4. The van der Waals surface area contributed by atoms with Crippen LogP contribution >= 0.6 is 35.4 Å². The maximum absolute atomic E-state index is 6.58. The molecule has 4 aromatic rings. The standard InChI is InChI=1S/C25H20Cl2N4S/c26-18-11-12-21(19(27)15-18)30-14-6-10-22(30)24-23(20-9-4-5-13-28-20)29-25(32)31(24)16-17-7-2-1-3-8-17/h1-15,23-24H,16H2,(H,29,32)/t23-,24-/m1/s1. The first kappa shape index (κ1) is 21.0. The lowest BCUT2D eigenvalue weighted by atomic mass is 10.0. The molecule has 0 spiro atoms. The van der Waals surface area contributed by atoms with Gasteiger partial charge in [0.2, 0.25) is 0 Å². The largest absolute Gasteiger partial charge is 0.352 e. The lowest BCUT2D eigenvalue weighted by Gasteiger charge is -2.29. The van der Waals surface area contributed by atoms with Crippen LogP contribution in [0.5, 0.6) is 0 Å². The van der Waals surface area contributed by atoms with E-state index >= 15 is 0 Å².